The second kappa shape index (κ2) is 7.58. The normalized spacial score (nSPS) is 20.5. The van der Waals surface area contributed by atoms with Gasteiger partial charge in [-0.25, -0.2) is 8.42 Å². The highest BCUT2D eigenvalue weighted by molar-refractivity contribution is 7.89. The number of nitriles is 1. The van der Waals surface area contributed by atoms with Crippen LogP contribution in [0.2, 0.25) is 0 Å². The molecular weight excluding hydrogens is 384 g/mol. The Kier molecular flexibility index (Phi) is 5.14. The number of furan rings is 1. The van der Waals surface area contributed by atoms with Crippen LogP contribution >= 0.6 is 0 Å². The second-order valence-electron chi connectivity index (χ2n) is 6.97. The van der Waals surface area contributed by atoms with E-state index in [1.807, 2.05) is 6.07 Å². The monoisotopic (exact) mass is 406 g/mol. The lowest BCUT2D eigenvalue weighted by atomic mass is 10.2. The van der Waals surface area contributed by atoms with E-state index >= 15 is 0 Å². The maximum atomic E-state index is 12.8. The van der Waals surface area contributed by atoms with E-state index in [0.717, 1.165) is 32.3 Å². The molecule has 2 saturated heterocycles. The Labute approximate surface area is 163 Å². The van der Waals surface area contributed by atoms with Crippen molar-refractivity contribution >= 4 is 15.9 Å². The lowest BCUT2D eigenvalue weighted by Gasteiger charge is -2.14. The number of hydrogen-bond donors (Lipinski definition) is 1. The fourth-order valence-electron chi connectivity index (χ4n) is 3.53. The first-order chi connectivity index (χ1) is 13.5. The van der Waals surface area contributed by atoms with Crippen LogP contribution in [0.1, 0.15) is 37.1 Å². The Morgan fingerprint density at radius 1 is 1.32 bits per heavy atom. The standard InChI is InChI=1S/C18H22N4O5S/c1-12-16(28(23,24)22-6-2-3-7-22)9-15(26-12)18-21-14(10-19)17(27-18)20-11-13-5-4-8-25-13/h9,13,20H,2-8,11H2,1H3. The fraction of sp³-hybridized carbons (Fsp3) is 0.556. The van der Waals surface area contributed by atoms with Crippen molar-refractivity contribution in [3.05, 3.63) is 17.5 Å². The summed E-state index contributed by atoms with van der Waals surface area (Å²) in [4.78, 5) is 4.25. The number of rotatable bonds is 6. The van der Waals surface area contributed by atoms with E-state index < -0.39 is 10.0 Å². The molecule has 4 heterocycles. The van der Waals surface area contributed by atoms with Crippen LogP contribution in [0, 0.1) is 18.3 Å². The average Bonchev–Trinajstić information content (AvgIpc) is 3.46. The molecule has 2 aliphatic rings. The zero-order chi connectivity index (χ0) is 19.7. The zero-order valence-electron chi connectivity index (χ0n) is 15.6. The van der Waals surface area contributed by atoms with Crippen molar-refractivity contribution < 1.29 is 22.0 Å². The van der Waals surface area contributed by atoms with E-state index in [0.29, 0.717) is 19.6 Å². The van der Waals surface area contributed by atoms with Crippen LogP contribution in [0.5, 0.6) is 0 Å². The van der Waals surface area contributed by atoms with Gasteiger partial charge in [-0.3, -0.25) is 0 Å². The molecular formula is C18H22N4O5S. The van der Waals surface area contributed by atoms with Crippen LogP contribution in [0.25, 0.3) is 11.7 Å². The molecule has 0 saturated carbocycles. The second-order valence-corrected chi connectivity index (χ2v) is 8.87. The third kappa shape index (κ3) is 3.53. The van der Waals surface area contributed by atoms with Crippen molar-refractivity contribution in [2.24, 2.45) is 0 Å². The summed E-state index contributed by atoms with van der Waals surface area (Å²) in [6.07, 6.45) is 3.75. The summed E-state index contributed by atoms with van der Waals surface area (Å²) in [7, 11) is -3.61. The minimum Gasteiger partial charge on any atom is -0.455 e. The lowest BCUT2D eigenvalue weighted by molar-refractivity contribution is 0.120. The van der Waals surface area contributed by atoms with E-state index in [1.54, 1.807) is 6.92 Å². The van der Waals surface area contributed by atoms with Crippen LogP contribution in [0.15, 0.2) is 19.8 Å². The van der Waals surface area contributed by atoms with Crippen LogP contribution in [-0.2, 0) is 14.8 Å². The van der Waals surface area contributed by atoms with Gasteiger partial charge >= 0.3 is 0 Å². The summed E-state index contributed by atoms with van der Waals surface area (Å²) in [5.74, 6) is 0.743. The number of hydrogen-bond acceptors (Lipinski definition) is 8. The Morgan fingerprint density at radius 2 is 2.11 bits per heavy atom. The molecule has 10 heteroatoms. The Morgan fingerprint density at radius 3 is 2.79 bits per heavy atom. The summed E-state index contributed by atoms with van der Waals surface area (Å²) >= 11 is 0. The molecule has 2 aromatic heterocycles. The first-order valence-electron chi connectivity index (χ1n) is 9.36. The number of anilines is 1. The molecule has 0 aliphatic carbocycles. The summed E-state index contributed by atoms with van der Waals surface area (Å²) in [5.41, 5.74) is 0.0889. The van der Waals surface area contributed by atoms with Gasteiger partial charge in [-0.2, -0.15) is 14.6 Å². The summed E-state index contributed by atoms with van der Waals surface area (Å²) < 4.78 is 43.9. The maximum absolute atomic E-state index is 12.8. The quantitative estimate of drug-likeness (QED) is 0.776. The molecule has 28 heavy (non-hydrogen) atoms. The largest absolute Gasteiger partial charge is 0.455 e. The van der Waals surface area contributed by atoms with Crippen molar-refractivity contribution in [2.75, 3.05) is 31.6 Å². The number of ether oxygens (including phenoxy) is 1. The summed E-state index contributed by atoms with van der Waals surface area (Å²) in [6, 6.07) is 3.40. The minimum absolute atomic E-state index is 0.0670. The molecule has 2 fully saturated rings. The number of aromatic nitrogens is 1. The fourth-order valence-corrected chi connectivity index (χ4v) is 5.21. The van der Waals surface area contributed by atoms with E-state index in [4.69, 9.17) is 13.6 Å². The van der Waals surface area contributed by atoms with Gasteiger partial charge in [0.05, 0.1) is 6.10 Å². The van der Waals surface area contributed by atoms with Crippen molar-refractivity contribution in [3.8, 4) is 17.7 Å². The third-order valence-corrected chi connectivity index (χ3v) is 7.02. The van der Waals surface area contributed by atoms with E-state index in [1.165, 1.54) is 10.4 Å². The van der Waals surface area contributed by atoms with Crippen LogP contribution in [0.4, 0.5) is 5.88 Å². The van der Waals surface area contributed by atoms with Gasteiger partial charge in [0.2, 0.25) is 21.6 Å². The van der Waals surface area contributed by atoms with Crippen molar-refractivity contribution in [2.45, 2.75) is 43.6 Å². The minimum atomic E-state index is -3.61. The maximum Gasteiger partial charge on any atom is 0.266 e. The average molecular weight is 406 g/mol. The Hall–Kier alpha value is -2.35. The topological polar surface area (TPSA) is 122 Å². The number of oxazole rings is 1. The molecule has 0 spiro atoms. The van der Waals surface area contributed by atoms with Gasteiger partial charge in [-0.1, -0.05) is 0 Å². The summed E-state index contributed by atoms with van der Waals surface area (Å²) in [5, 5.41) is 12.4. The molecule has 2 aliphatic heterocycles. The Balaban J connectivity index is 1.58. The predicted molar refractivity (Wildman–Crippen MR) is 99.1 cm³/mol. The van der Waals surface area contributed by atoms with Crippen LogP contribution < -0.4 is 5.32 Å². The molecule has 0 radical (unpaired) electrons. The van der Waals surface area contributed by atoms with Gasteiger partial charge < -0.3 is 18.9 Å². The highest BCUT2D eigenvalue weighted by Gasteiger charge is 2.32. The van der Waals surface area contributed by atoms with E-state index in [2.05, 4.69) is 10.3 Å². The smallest absolute Gasteiger partial charge is 0.266 e. The highest BCUT2D eigenvalue weighted by Crippen LogP contribution is 2.33. The number of sulfonamides is 1. The molecule has 1 atom stereocenters. The van der Waals surface area contributed by atoms with Gasteiger partial charge in [-0.05, 0) is 32.6 Å². The van der Waals surface area contributed by atoms with E-state index in [-0.39, 0.29) is 40.0 Å². The third-order valence-electron chi connectivity index (χ3n) is 5.01. The van der Waals surface area contributed by atoms with Crippen LogP contribution in [-0.4, -0.2) is 50.1 Å². The molecule has 2 aromatic rings. The molecule has 0 bridgehead atoms. The van der Waals surface area contributed by atoms with Gasteiger partial charge in [0, 0.05) is 32.3 Å². The summed E-state index contributed by atoms with van der Waals surface area (Å²) in [6.45, 7) is 3.86. The molecule has 9 nitrogen and oxygen atoms in total. The molecule has 1 unspecified atom stereocenters. The SMILES string of the molecule is Cc1oc(-c2nc(C#N)c(NCC3CCCO3)o2)cc1S(=O)(=O)N1CCCC1. The number of aryl methyl sites for hydroxylation is 1. The molecule has 0 amide bonds. The van der Waals surface area contributed by atoms with Gasteiger partial charge in [0.1, 0.15) is 16.7 Å². The zero-order valence-corrected chi connectivity index (χ0v) is 16.4. The number of nitrogens with one attached hydrogen (secondary N) is 1. The van der Waals surface area contributed by atoms with Crippen molar-refractivity contribution in [1.82, 2.24) is 9.29 Å². The first-order valence-corrected chi connectivity index (χ1v) is 10.8. The number of nitrogens with zero attached hydrogens (tertiary/aromatic N) is 3. The van der Waals surface area contributed by atoms with Gasteiger partial charge in [0.25, 0.3) is 5.89 Å². The van der Waals surface area contributed by atoms with Crippen molar-refractivity contribution in [1.29, 1.82) is 5.26 Å². The van der Waals surface area contributed by atoms with E-state index in [9.17, 15) is 13.7 Å². The molecule has 4 rings (SSSR count). The van der Waals surface area contributed by atoms with Gasteiger partial charge in [0.15, 0.2) is 5.76 Å². The van der Waals surface area contributed by atoms with Gasteiger partial charge in [-0.15, -0.1) is 0 Å². The van der Waals surface area contributed by atoms with Crippen molar-refractivity contribution in [3.63, 3.8) is 0 Å². The first kappa shape index (κ1) is 19.0. The predicted octanol–water partition coefficient (Wildman–Crippen LogP) is 2.49. The molecule has 1 N–H and O–H groups in total. The molecule has 0 aromatic carbocycles. The Bertz CT molecular complexity index is 992. The molecule has 150 valence electrons. The lowest BCUT2D eigenvalue weighted by Crippen LogP contribution is -2.27. The van der Waals surface area contributed by atoms with Crippen LogP contribution in [0.3, 0.4) is 0 Å². The highest BCUT2D eigenvalue weighted by atomic mass is 32.2.